The summed E-state index contributed by atoms with van der Waals surface area (Å²) >= 11 is 0. The van der Waals surface area contributed by atoms with Crippen molar-refractivity contribution in [3.8, 4) is 0 Å². The quantitative estimate of drug-likeness (QED) is 0.829. The van der Waals surface area contributed by atoms with Crippen molar-refractivity contribution in [1.29, 1.82) is 0 Å². The Bertz CT molecular complexity index is 396. The van der Waals surface area contributed by atoms with Crippen LogP contribution in [0.2, 0.25) is 0 Å². The van der Waals surface area contributed by atoms with Gasteiger partial charge in [0.1, 0.15) is 0 Å². The maximum absolute atomic E-state index is 9.29. The molecule has 3 N–H and O–H groups in total. The van der Waals surface area contributed by atoms with Gasteiger partial charge in [-0.3, -0.25) is 4.68 Å². The van der Waals surface area contributed by atoms with Crippen LogP contribution in [0, 0.1) is 0 Å². The highest BCUT2D eigenvalue weighted by Gasteiger charge is 2.27. The van der Waals surface area contributed by atoms with Crippen molar-refractivity contribution in [2.45, 2.75) is 45.1 Å². The summed E-state index contributed by atoms with van der Waals surface area (Å²) in [5.41, 5.74) is 7.94. The summed E-state index contributed by atoms with van der Waals surface area (Å²) in [5, 5.41) is 13.8. The number of nitrogens with zero attached hydrogens (tertiary/aromatic N) is 3. The Morgan fingerprint density at radius 2 is 2.11 bits per heavy atom. The van der Waals surface area contributed by atoms with E-state index in [9.17, 15) is 5.11 Å². The fourth-order valence-electron chi connectivity index (χ4n) is 2.97. The molecule has 5 heteroatoms. The smallest absolute Gasteiger partial charge is 0.150 e. The lowest BCUT2D eigenvalue weighted by molar-refractivity contribution is 0.296. The highest BCUT2D eigenvalue weighted by molar-refractivity contribution is 5.67. The number of aliphatic hydroxyl groups excluding tert-OH is 1. The molecule has 0 aromatic carbocycles. The summed E-state index contributed by atoms with van der Waals surface area (Å²) in [6.07, 6.45) is 5.76. The highest BCUT2D eigenvalue weighted by atomic mass is 16.3. The Morgan fingerprint density at radius 1 is 1.44 bits per heavy atom. The van der Waals surface area contributed by atoms with Crippen molar-refractivity contribution in [3.05, 3.63) is 5.69 Å². The molecule has 0 bridgehead atoms. The molecule has 0 atom stereocenters. The molecule has 102 valence electrons. The van der Waals surface area contributed by atoms with Crippen molar-refractivity contribution < 1.29 is 5.11 Å². The van der Waals surface area contributed by atoms with Gasteiger partial charge in [-0.1, -0.05) is 19.8 Å². The number of aryl methyl sites for hydroxylation is 2. The van der Waals surface area contributed by atoms with E-state index in [2.05, 4.69) is 16.9 Å². The SMILES string of the molecule is CCc1nn(C)c(N(CCO)C2CCCC2)c1N. The minimum atomic E-state index is 0.155. The average molecular weight is 252 g/mol. The molecule has 0 spiro atoms. The monoisotopic (exact) mass is 252 g/mol. The van der Waals surface area contributed by atoms with Crippen molar-refractivity contribution in [2.24, 2.45) is 7.05 Å². The van der Waals surface area contributed by atoms with Gasteiger partial charge >= 0.3 is 0 Å². The molecule has 1 aromatic rings. The number of hydrogen-bond donors (Lipinski definition) is 2. The zero-order valence-electron chi connectivity index (χ0n) is 11.4. The summed E-state index contributed by atoms with van der Waals surface area (Å²) in [4.78, 5) is 2.24. The standard InChI is InChI=1S/C13H24N4O/c1-3-11-12(14)13(16(2)15-11)17(8-9-18)10-6-4-5-7-10/h10,18H,3-9,14H2,1-2H3. The molecule has 1 aromatic heterocycles. The van der Waals surface area contributed by atoms with Crippen LogP contribution < -0.4 is 10.6 Å². The second-order valence-corrected chi connectivity index (χ2v) is 5.02. The number of anilines is 2. The van der Waals surface area contributed by atoms with E-state index in [4.69, 9.17) is 5.73 Å². The van der Waals surface area contributed by atoms with Crippen molar-refractivity contribution in [2.75, 3.05) is 23.8 Å². The van der Waals surface area contributed by atoms with Crippen molar-refractivity contribution >= 4 is 11.5 Å². The maximum Gasteiger partial charge on any atom is 0.150 e. The first kappa shape index (κ1) is 13.2. The molecular formula is C13H24N4O. The molecule has 1 saturated carbocycles. The lowest BCUT2D eigenvalue weighted by Crippen LogP contribution is -2.37. The van der Waals surface area contributed by atoms with E-state index in [0.717, 1.165) is 23.6 Å². The van der Waals surface area contributed by atoms with E-state index >= 15 is 0 Å². The third kappa shape index (κ3) is 2.32. The van der Waals surface area contributed by atoms with Gasteiger partial charge in [0.25, 0.3) is 0 Å². The third-order valence-electron chi connectivity index (χ3n) is 3.84. The fraction of sp³-hybridized carbons (Fsp3) is 0.769. The van der Waals surface area contributed by atoms with Gasteiger partial charge in [-0.2, -0.15) is 5.10 Å². The van der Waals surface area contributed by atoms with Crippen LogP contribution in [0.4, 0.5) is 11.5 Å². The minimum absolute atomic E-state index is 0.155. The molecule has 2 rings (SSSR count). The molecule has 5 nitrogen and oxygen atoms in total. The first-order valence-corrected chi connectivity index (χ1v) is 6.87. The van der Waals surface area contributed by atoms with E-state index in [1.165, 1.54) is 25.7 Å². The Balaban J connectivity index is 2.32. The number of aliphatic hydroxyl groups is 1. The maximum atomic E-state index is 9.29. The van der Waals surface area contributed by atoms with E-state index in [0.29, 0.717) is 12.6 Å². The molecule has 1 fully saturated rings. The van der Waals surface area contributed by atoms with Gasteiger partial charge in [-0.25, -0.2) is 0 Å². The van der Waals surface area contributed by atoms with E-state index in [1.807, 2.05) is 11.7 Å². The third-order valence-corrected chi connectivity index (χ3v) is 3.84. The largest absolute Gasteiger partial charge is 0.395 e. The number of nitrogen functional groups attached to an aromatic ring is 1. The normalized spacial score (nSPS) is 16.4. The Kier molecular flexibility index (Phi) is 4.11. The number of rotatable bonds is 5. The first-order chi connectivity index (χ1) is 8.69. The zero-order valence-corrected chi connectivity index (χ0v) is 11.4. The molecule has 0 saturated heterocycles. The van der Waals surface area contributed by atoms with Gasteiger partial charge in [0.15, 0.2) is 5.82 Å². The van der Waals surface area contributed by atoms with Gasteiger partial charge in [-0.05, 0) is 19.3 Å². The van der Waals surface area contributed by atoms with E-state index < -0.39 is 0 Å². The Morgan fingerprint density at radius 3 is 2.61 bits per heavy atom. The summed E-state index contributed by atoms with van der Waals surface area (Å²) in [6.45, 7) is 2.86. The van der Waals surface area contributed by atoms with Crippen LogP contribution in [0.15, 0.2) is 0 Å². The average Bonchev–Trinajstić information content (AvgIpc) is 2.96. The summed E-state index contributed by atoms with van der Waals surface area (Å²) < 4.78 is 1.86. The number of nitrogens with two attached hydrogens (primary N) is 1. The van der Waals surface area contributed by atoms with Crippen LogP contribution >= 0.6 is 0 Å². The van der Waals surface area contributed by atoms with Crippen LogP contribution in [-0.2, 0) is 13.5 Å². The van der Waals surface area contributed by atoms with Crippen LogP contribution in [0.1, 0.15) is 38.3 Å². The molecule has 0 unspecified atom stereocenters. The van der Waals surface area contributed by atoms with Gasteiger partial charge in [0, 0.05) is 19.6 Å². The number of aromatic nitrogens is 2. The topological polar surface area (TPSA) is 67.3 Å². The predicted octanol–water partition coefficient (Wildman–Crippen LogP) is 1.31. The van der Waals surface area contributed by atoms with Crippen LogP contribution in [0.3, 0.4) is 0 Å². The lowest BCUT2D eigenvalue weighted by atomic mass is 10.2. The Hall–Kier alpha value is -1.23. The van der Waals surface area contributed by atoms with E-state index in [1.54, 1.807) is 0 Å². The summed E-state index contributed by atoms with van der Waals surface area (Å²) in [6, 6.07) is 0.500. The van der Waals surface area contributed by atoms with Gasteiger partial charge in [0.2, 0.25) is 0 Å². The van der Waals surface area contributed by atoms with Crippen molar-refractivity contribution in [3.63, 3.8) is 0 Å². The second kappa shape index (κ2) is 5.61. The predicted molar refractivity (Wildman–Crippen MR) is 73.7 cm³/mol. The van der Waals surface area contributed by atoms with Crippen LogP contribution in [-0.4, -0.2) is 34.1 Å². The Labute approximate surface area is 109 Å². The molecule has 1 aliphatic carbocycles. The second-order valence-electron chi connectivity index (χ2n) is 5.02. The summed E-state index contributed by atoms with van der Waals surface area (Å²) in [7, 11) is 1.93. The molecule has 0 aliphatic heterocycles. The van der Waals surface area contributed by atoms with Crippen LogP contribution in [0.5, 0.6) is 0 Å². The zero-order chi connectivity index (χ0) is 13.1. The molecule has 0 radical (unpaired) electrons. The first-order valence-electron chi connectivity index (χ1n) is 6.87. The molecule has 18 heavy (non-hydrogen) atoms. The molecule has 1 heterocycles. The minimum Gasteiger partial charge on any atom is -0.395 e. The van der Waals surface area contributed by atoms with Gasteiger partial charge in [0.05, 0.1) is 18.0 Å². The molecular weight excluding hydrogens is 228 g/mol. The van der Waals surface area contributed by atoms with Crippen LogP contribution in [0.25, 0.3) is 0 Å². The van der Waals surface area contributed by atoms with Gasteiger partial charge in [-0.15, -0.1) is 0 Å². The molecule has 1 aliphatic rings. The van der Waals surface area contributed by atoms with Crippen molar-refractivity contribution in [1.82, 2.24) is 9.78 Å². The van der Waals surface area contributed by atoms with E-state index in [-0.39, 0.29) is 6.61 Å². The number of hydrogen-bond acceptors (Lipinski definition) is 4. The highest BCUT2D eigenvalue weighted by Crippen LogP contribution is 2.33. The fourth-order valence-corrected chi connectivity index (χ4v) is 2.97. The summed E-state index contributed by atoms with van der Waals surface area (Å²) in [5.74, 6) is 0.979. The van der Waals surface area contributed by atoms with Gasteiger partial charge < -0.3 is 15.7 Å². The molecule has 0 amide bonds. The lowest BCUT2D eigenvalue weighted by Gasteiger charge is -2.30.